The lowest BCUT2D eigenvalue weighted by molar-refractivity contribution is 0.0904. The van der Waals surface area contributed by atoms with E-state index < -0.39 is 28.6 Å². The summed E-state index contributed by atoms with van der Waals surface area (Å²) in [5, 5.41) is 5.77. The van der Waals surface area contributed by atoms with Gasteiger partial charge in [0.25, 0.3) is 5.91 Å². The molecule has 1 aromatic carbocycles. The molecule has 1 aliphatic rings. The molecule has 0 radical (unpaired) electrons. The number of rotatable bonds is 2. The van der Waals surface area contributed by atoms with Crippen LogP contribution in [0, 0.1) is 11.6 Å². The Hall–Kier alpha value is -1.49. The van der Waals surface area contributed by atoms with Crippen LogP contribution in [0.5, 0.6) is 0 Å². The van der Waals surface area contributed by atoms with Gasteiger partial charge >= 0.3 is 0 Å². The third-order valence-corrected chi connectivity index (χ3v) is 2.97. The van der Waals surface area contributed by atoms with Crippen LogP contribution < -0.4 is 10.6 Å². The number of carbonyl (C=O) groups excluding carboxylic acids is 1. The van der Waals surface area contributed by atoms with E-state index in [0.29, 0.717) is 6.54 Å². The van der Waals surface area contributed by atoms with Crippen molar-refractivity contribution in [3.63, 3.8) is 0 Å². The highest BCUT2D eigenvalue weighted by molar-refractivity contribution is 5.95. The van der Waals surface area contributed by atoms with E-state index in [1.807, 2.05) is 6.92 Å². The number of nitrogens with one attached hydrogen (secondary N) is 2. The summed E-state index contributed by atoms with van der Waals surface area (Å²) < 4.78 is 26.8. The average molecular weight is 240 g/mol. The van der Waals surface area contributed by atoms with E-state index in [2.05, 4.69) is 10.6 Å². The van der Waals surface area contributed by atoms with Gasteiger partial charge in [-0.1, -0.05) is 6.07 Å². The lowest BCUT2D eigenvalue weighted by Gasteiger charge is -2.24. The van der Waals surface area contributed by atoms with Crippen molar-refractivity contribution in [3.05, 3.63) is 35.4 Å². The maximum absolute atomic E-state index is 13.4. The number of halogens is 2. The number of amides is 1. The summed E-state index contributed by atoms with van der Waals surface area (Å²) in [5.74, 6) is -2.37. The monoisotopic (exact) mass is 240 g/mol. The van der Waals surface area contributed by atoms with Crippen LogP contribution in [0.1, 0.15) is 23.7 Å². The lowest BCUT2D eigenvalue weighted by atomic mass is 10.0. The van der Waals surface area contributed by atoms with Gasteiger partial charge in [-0.25, -0.2) is 8.78 Å². The van der Waals surface area contributed by atoms with Gasteiger partial charge in [-0.3, -0.25) is 4.79 Å². The highest BCUT2D eigenvalue weighted by Crippen LogP contribution is 2.17. The van der Waals surface area contributed by atoms with Crippen molar-refractivity contribution < 1.29 is 13.6 Å². The molecule has 1 heterocycles. The Morgan fingerprint density at radius 2 is 2.06 bits per heavy atom. The van der Waals surface area contributed by atoms with Gasteiger partial charge in [-0.05, 0) is 32.0 Å². The van der Waals surface area contributed by atoms with Crippen molar-refractivity contribution in [2.24, 2.45) is 0 Å². The van der Waals surface area contributed by atoms with Crippen LogP contribution in [0.15, 0.2) is 18.2 Å². The highest BCUT2D eigenvalue weighted by atomic mass is 19.1. The van der Waals surface area contributed by atoms with E-state index >= 15 is 0 Å². The van der Waals surface area contributed by atoms with Gasteiger partial charge < -0.3 is 10.6 Å². The van der Waals surface area contributed by atoms with Crippen molar-refractivity contribution in [1.82, 2.24) is 10.6 Å². The number of carbonyl (C=O) groups is 1. The molecule has 0 aromatic heterocycles. The minimum absolute atomic E-state index is 0.439. The Kier molecular flexibility index (Phi) is 3.11. The predicted molar refractivity (Wildman–Crippen MR) is 59.7 cm³/mol. The van der Waals surface area contributed by atoms with E-state index in [-0.39, 0.29) is 0 Å². The predicted octanol–water partition coefficient (Wildman–Crippen LogP) is 1.45. The second-order valence-electron chi connectivity index (χ2n) is 4.54. The van der Waals surface area contributed by atoms with Gasteiger partial charge in [-0.15, -0.1) is 0 Å². The smallest absolute Gasteiger partial charge is 0.257 e. The topological polar surface area (TPSA) is 41.1 Å². The summed E-state index contributed by atoms with van der Waals surface area (Å²) in [7, 11) is 0. The van der Waals surface area contributed by atoms with Crippen molar-refractivity contribution in [3.8, 4) is 0 Å². The van der Waals surface area contributed by atoms with E-state index in [4.69, 9.17) is 0 Å². The largest absolute Gasteiger partial charge is 0.345 e. The van der Waals surface area contributed by atoms with Gasteiger partial charge in [0.05, 0.1) is 5.54 Å². The third kappa shape index (κ3) is 2.44. The Morgan fingerprint density at radius 3 is 2.59 bits per heavy atom. The van der Waals surface area contributed by atoms with Crippen molar-refractivity contribution in [1.29, 1.82) is 0 Å². The van der Waals surface area contributed by atoms with Crippen LogP contribution in [-0.2, 0) is 0 Å². The average Bonchev–Trinajstić information content (AvgIpc) is 2.64. The molecule has 0 spiro atoms. The lowest BCUT2D eigenvalue weighted by Crippen LogP contribution is -2.47. The van der Waals surface area contributed by atoms with Gasteiger partial charge in [0.1, 0.15) is 17.2 Å². The summed E-state index contributed by atoms with van der Waals surface area (Å²) in [5.41, 5.74) is -0.952. The summed E-state index contributed by atoms with van der Waals surface area (Å²) in [6, 6.07) is 3.39. The minimum atomic E-state index is -0.836. The first-order valence-corrected chi connectivity index (χ1v) is 5.49. The Morgan fingerprint density at radius 1 is 1.41 bits per heavy atom. The van der Waals surface area contributed by atoms with Crippen molar-refractivity contribution in [2.75, 3.05) is 13.1 Å². The Labute approximate surface area is 98.2 Å². The molecule has 1 aromatic rings. The second-order valence-corrected chi connectivity index (χ2v) is 4.54. The van der Waals surface area contributed by atoms with Gasteiger partial charge in [0, 0.05) is 6.54 Å². The van der Waals surface area contributed by atoms with Crippen LogP contribution in [0.4, 0.5) is 8.78 Å². The van der Waals surface area contributed by atoms with Crippen molar-refractivity contribution in [2.45, 2.75) is 18.9 Å². The van der Waals surface area contributed by atoms with E-state index in [1.165, 1.54) is 6.07 Å². The van der Waals surface area contributed by atoms with E-state index in [1.54, 1.807) is 0 Å². The molecule has 0 bridgehead atoms. The molecule has 17 heavy (non-hydrogen) atoms. The molecule has 1 fully saturated rings. The first-order valence-electron chi connectivity index (χ1n) is 5.49. The standard InChI is InChI=1S/C12H14F2N2O/c1-12(5-6-15-7-12)16-11(17)10-8(13)3-2-4-9(10)14/h2-4,15H,5-7H2,1H3,(H,16,17). The maximum atomic E-state index is 13.4. The fourth-order valence-corrected chi connectivity index (χ4v) is 1.97. The molecule has 1 unspecified atom stereocenters. The molecule has 3 nitrogen and oxygen atoms in total. The summed E-state index contributed by atoms with van der Waals surface area (Å²) in [6.45, 7) is 3.25. The fourth-order valence-electron chi connectivity index (χ4n) is 1.97. The zero-order valence-corrected chi connectivity index (χ0v) is 9.52. The van der Waals surface area contributed by atoms with E-state index in [0.717, 1.165) is 25.1 Å². The number of benzene rings is 1. The molecule has 1 saturated heterocycles. The Balaban J connectivity index is 2.20. The van der Waals surface area contributed by atoms with Crippen LogP contribution in [0.3, 0.4) is 0 Å². The van der Waals surface area contributed by atoms with Crippen LogP contribution in [0.2, 0.25) is 0 Å². The quantitative estimate of drug-likeness (QED) is 0.821. The third-order valence-electron chi connectivity index (χ3n) is 2.97. The number of hydrogen-bond acceptors (Lipinski definition) is 2. The van der Waals surface area contributed by atoms with Gasteiger partial charge in [0.2, 0.25) is 0 Å². The van der Waals surface area contributed by atoms with Gasteiger partial charge in [0.15, 0.2) is 0 Å². The molecular weight excluding hydrogens is 226 g/mol. The van der Waals surface area contributed by atoms with Crippen LogP contribution in [-0.4, -0.2) is 24.5 Å². The van der Waals surface area contributed by atoms with Crippen LogP contribution >= 0.6 is 0 Å². The molecule has 2 N–H and O–H groups in total. The molecule has 2 rings (SSSR count). The molecule has 92 valence electrons. The molecule has 1 atom stereocenters. The SMILES string of the molecule is CC1(NC(=O)c2c(F)cccc2F)CCNC1. The highest BCUT2D eigenvalue weighted by Gasteiger charge is 2.31. The van der Waals surface area contributed by atoms with Crippen LogP contribution in [0.25, 0.3) is 0 Å². The number of hydrogen-bond donors (Lipinski definition) is 2. The second kappa shape index (κ2) is 4.41. The normalized spacial score (nSPS) is 23.7. The fraction of sp³-hybridized carbons (Fsp3) is 0.417. The molecular formula is C12H14F2N2O. The molecule has 0 aliphatic carbocycles. The first kappa shape index (κ1) is 12.0. The minimum Gasteiger partial charge on any atom is -0.345 e. The molecule has 5 heteroatoms. The summed E-state index contributed by atoms with van der Waals surface area (Å²) >= 11 is 0. The summed E-state index contributed by atoms with van der Waals surface area (Å²) in [4.78, 5) is 11.8. The summed E-state index contributed by atoms with van der Waals surface area (Å²) in [6.07, 6.45) is 0.745. The first-order chi connectivity index (χ1) is 8.02. The van der Waals surface area contributed by atoms with Crippen molar-refractivity contribution >= 4 is 5.91 Å². The van der Waals surface area contributed by atoms with Gasteiger partial charge in [-0.2, -0.15) is 0 Å². The molecule has 1 amide bonds. The molecule has 1 aliphatic heterocycles. The zero-order valence-electron chi connectivity index (χ0n) is 9.52. The maximum Gasteiger partial charge on any atom is 0.257 e. The molecule has 0 saturated carbocycles. The van der Waals surface area contributed by atoms with E-state index in [9.17, 15) is 13.6 Å². The zero-order chi connectivity index (χ0) is 12.5. The Bertz CT molecular complexity index is 422.